The summed E-state index contributed by atoms with van der Waals surface area (Å²) in [5.41, 5.74) is 10.4. The number of hydrogen-bond donors (Lipinski definition) is 3. The van der Waals surface area contributed by atoms with E-state index in [0.717, 1.165) is 11.1 Å². The van der Waals surface area contributed by atoms with Crippen LogP contribution in [0.15, 0.2) is 67.0 Å². The summed E-state index contributed by atoms with van der Waals surface area (Å²) >= 11 is 0. The molecule has 0 fully saturated rings. The van der Waals surface area contributed by atoms with Gasteiger partial charge in [0.25, 0.3) is 0 Å². The van der Waals surface area contributed by atoms with Crippen molar-refractivity contribution in [1.29, 1.82) is 5.41 Å². The Labute approximate surface area is 155 Å². The highest BCUT2D eigenvalue weighted by Gasteiger charge is 2.16. The zero-order valence-electron chi connectivity index (χ0n) is 14.4. The van der Waals surface area contributed by atoms with Crippen molar-refractivity contribution in [3.63, 3.8) is 0 Å². The molecule has 0 bridgehead atoms. The predicted octanol–water partition coefficient (Wildman–Crippen LogP) is 3.38. The smallest absolute Gasteiger partial charge is 0.202 e. The van der Waals surface area contributed by atoms with E-state index in [9.17, 15) is 4.79 Å². The Morgan fingerprint density at radius 1 is 1.07 bits per heavy atom. The quantitative estimate of drug-likeness (QED) is 0.290. The summed E-state index contributed by atoms with van der Waals surface area (Å²) in [6.45, 7) is 0. The van der Waals surface area contributed by atoms with Gasteiger partial charge in [-0.1, -0.05) is 30.3 Å². The van der Waals surface area contributed by atoms with Crippen LogP contribution in [0.4, 0.5) is 5.69 Å². The van der Waals surface area contributed by atoms with Crippen molar-refractivity contribution in [3.8, 4) is 0 Å². The third kappa shape index (κ3) is 3.32. The van der Waals surface area contributed by atoms with E-state index >= 15 is 0 Å². The molecule has 2 aromatic heterocycles. The van der Waals surface area contributed by atoms with Crippen molar-refractivity contribution in [1.82, 2.24) is 15.0 Å². The van der Waals surface area contributed by atoms with Gasteiger partial charge in [0.05, 0.1) is 16.7 Å². The molecule has 27 heavy (non-hydrogen) atoms. The Morgan fingerprint density at radius 3 is 2.56 bits per heavy atom. The minimum absolute atomic E-state index is 0.0956. The third-order valence-electron chi connectivity index (χ3n) is 4.36. The predicted molar refractivity (Wildman–Crippen MR) is 105 cm³/mol. The molecule has 0 saturated heterocycles. The maximum atomic E-state index is 12.5. The molecule has 0 saturated carbocycles. The number of nitrogens with one attached hydrogen (secondary N) is 2. The van der Waals surface area contributed by atoms with Gasteiger partial charge < -0.3 is 10.7 Å². The molecular weight excluding hydrogens is 338 g/mol. The van der Waals surface area contributed by atoms with Gasteiger partial charge in [0.2, 0.25) is 5.78 Å². The van der Waals surface area contributed by atoms with Crippen molar-refractivity contribution >= 4 is 28.2 Å². The molecule has 0 aliphatic rings. The number of aromatic amines is 1. The number of nitrogen functional groups attached to an aromatic ring is 1. The van der Waals surface area contributed by atoms with Crippen LogP contribution in [0, 0.1) is 5.41 Å². The largest absolute Gasteiger partial charge is 0.398 e. The molecule has 0 amide bonds. The first-order chi connectivity index (χ1) is 13.1. The maximum Gasteiger partial charge on any atom is 0.202 e. The second-order valence-electron chi connectivity index (χ2n) is 6.24. The molecule has 0 atom stereocenters. The van der Waals surface area contributed by atoms with Gasteiger partial charge in [-0.15, -0.1) is 0 Å². The highest BCUT2D eigenvalue weighted by molar-refractivity contribution is 6.15. The zero-order valence-corrected chi connectivity index (χ0v) is 14.4. The summed E-state index contributed by atoms with van der Waals surface area (Å²) in [7, 11) is 0. The lowest BCUT2D eigenvalue weighted by atomic mass is 10.0. The number of carbonyl (C=O) groups excluding carboxylic acids is 1. The van der Waals surface area contributed by atoms with Crippen molar-refractivity contribution in [2.75, 3.05) is 5.73 Å². The standard InChI is InChI=1S/C21H17N5O/c22-16-12-18-17(11-15(16)20(23)14-6-8-24-9-7-14)25-21(26-18)19(27)10-13-4-2-1-3-5-13/h1-9,11-12,23H,10,22H2,(H,25,26). The summed E-state index contributed by atoms with van der Waals surface area (Å²) in [5.74, 6) is 0.197. The second kappa shape index (κ2) is 6.84. The van der Waals surface area contributed by atoms with E-state index in [0.29, 0.717) is 33.8 Å². The van der Waals surface area contributed by atoms with Crippen LogP contribution in [-0.4, -0.2) is 26.4 Å². The van der Waals surface area contributed by atoms with Gasteiger partial charge in [-0.25, -0.2) is 4.98 Å². The molecule has 4 N–H and O–H groups in total. The van der Waals surface area contributed by atoms with Gasteiger partial charge in [0.15, 0.2) is 5.82 Å². The molecule has 4 rings (SSSR count). The fraction of sp³-hybridized carbons (Fsp3) is 0.0476. The summed E-state index contributed by atoms with van der Waals surface area (Å²) in [5, 5.41) is 8.42. The molecule has 4 aromatic rings. The Morgan fingerprint density at radius 2 is 1.81 bits per heavy atom. The molecular formula is C21H17N5O. The normalized spacial score (nSPS) is 10.8. The average Bonchev–Trinajstić information content (AvgIpc) is 3.11. The summed E-state index contributed by atoms with van der Waals surface area (Å²) in [4.78, 5) is 23.9. The maximum absolute atomic E-state index is 12.5. The Bertz CT molecular complexity index is 1130. The SMILES string of the molecule is N=C(c1ccncc1)c1cc2[nH]c(C(=O)Cc3ccccc3)nc2cc1N. The highest BCUT2D eigenvalue weighted by Crippen LogP contribution is 2.23. The van der Waals surface area contributed by atoms with Gasteiger partial charge >= 0.3 is 0 Å². The number of rotatable bonds is 5. The van der Waals surface area contributed by atoms with Crippen LogP contribution in [0.3, 0.4) is 0 Å². The number of pyridine rings is 1. The summed E-state index contributed by atoms with van der Waals surface area (Å²) in [6.07, 6.45) is 3.54. The summed E-state index contributed by atoms with van der Waals surface area (Å²) in [6, 6.07) is 16.5. The van der Waals surface area contributed by atoms with Crippen molar-refractivity contribution in [3.05, 3.63) is 89.5 Å². The monoisotopic (exact) mass is 355 g/mol. The fourth-order valence-corrected chi connectivity index (χ4v) is 2.96. The fourth-order valence-electron chi connectivity index (χ4n) is 2.96. The van der Waals surface area contributed by atoms with Crippen LogP contribution in [0.5, 0.6) is 0 Å². The number of nitrogens with zero attached hydrogens (tertiary/aromatic N) is 2. The van der Waals surface area contributed by atoms with Crippen molar-refractivity contribution in [2.24, 2.45) is 0 Å². The number of aromatic nitrogens is 3. The van der Waals surface area contributed by atoms with Crippen LogP contribution >= 0.6 is 0 Å². The number of anilines is 1. The number of Topliss-reactive ketones (excluding diaryl/α,β-unsaturated/α-hetero) is 1. The van der Waals surface area contributed by atoms with Crippen molar-refractivity contribution < 1.29 is 4.79 Å². The number of carbonyl (C=O) groups is 1. The van der Waals surface area contributed by atoms with E-state index in [1.165, 1.54) is 0 Å². The van der Waals surface area contributed by atoms with E-state index in [2.05, 4.69) is 15.0 Å². The first-order valence-electron chi connectivity index (χ1n) is 8.47. The lowest BCUT2D eigenvalue weighted by Crippen LogP contribution is -2.05. The summed E-state index contributed by atoms with van der Waals surface area (Å²) < 4.78 is 0. The van der Waals surface area contributed by atoms with Gasteiger partial charge in [0, 0.05) is 35.6 Å². The molecule has 2 aromatic carbocycles. The van der Waals surface area contributed by atoms with Crippen molar-refractivity contribution in [2.45, 2.75) is 6.42 Å². The van der Waals surface area contributed by atoms with E-state index < -0.39 is 0 Å². The number of nitrogens with two attached hydrogens (primary N) is 1. The van der Waals surface area contributed by atoms with E-state index in [-0.39, 0.29) is 12.2 Å². The molecule has 2 heterocycles. The number of benzene rings is 2. The molecule has 6 heteroatoms. The topological polar surface area (TPSA) is 109 Å². The van der Waals surface area contributed by atoms with Crippen LogP contribution in [0.2, 0.25) is 0 Å². The molecule has 0 aliphatic heterocycles. The Hall–Kier alpha value is -3.80. The molecule has 132 valence electrons. The van der Waals surface area contributed by atoms with Gasteiger partial charge in [0.1, 0.15) is 0 Å². The minimum atomic E-state index is -0.0956. The van der Waals surface area contributed by atoms with Gasteiger partial charge in [-0.2, -0.15) is 0 Å². The number of ketones is 1. The molecule has 0 aliphatic carbocycles. The van der Waals surface area contributed by atoms with E-state index in [1.807, 2.05) is 30.3 Å². The van der Waals surface area contributed by atoms with Crippen LogP contribution in [0.1, 0.15) is 27.3 Å². The lowest BCUT2D eigenvalue weighted by molar-refractivity contribution is 0.0984. The Kier molecular flexibility index (Phi) is 4.22. The van der Waals surface area contributed by atoms with E-state index in [4.69, 9.17) is 11.1 Å². The first kappa shape index (κ1) is 16.7. The van der Waals surface area contributed by atoms with Gasteiger partial charge in [-0.05, 0) is 29.8 Å². The average molecular weight is 355 g/mol. The zero-order chi connectivity index (χ0) is 18.8. The third-order valence-corrected chi connectivity index (χ3v) is 4.36. The number of fused-ring (bicyclic) bond motifs is 1. The number of hydrogen-bond acceptors (Lipinski definition) is 5. The number of imidazole rings is 1. The second-order valence-corrected chi connectivity index (χ2v) is 6.24. The van der Waals surface area contributed by atoms with Gasteiger partial charge in [-0.3, -0.25) is 15.2 Å². The number of H-pyrrole nitrogens is 1. The molecule has 6 nitrogen and oxygen atoms in total. The van der Waals surface area contributed by atoms with E-state index in [1.54, 1.807) is 36.7 Å². The molecule has 0 unspecified atom stereocenters. The molecule has 0 spiro atoms. The highest BCUT2D eigenvalue weighted by atomic mass is 16.1. The van der Waals surface area contributed by atoms with Crippen LogP contribution in [0.25, 0.3) is 11.0 Å². The lowest BCUT2D eigenvalue weighted by Gasteiger charge is -2.07. The Balaban J connectivity index is 1.67. The molecule has 0 radical (unpaired) electrons. The minimum Gasteiger partial charge on any atom is -0.398 e. The van der Waals surface area contributed by atoms with Crippen LogP contribution < -0.4 is 5.73 Å². The van der Waals surface area contributed by atoms with Crippen LogP contribution in [-0.2, 0) is 6.42 Å². The first-order valence-corrected chi connectivity index (χ1v) is 8.47.